The van der Waals surface area contributed by atoms with E-state index >= 15 is 0 Å². The second-order valence-corrected chi connectivity index (χ2v) is 6.26. The van der Waals surface area contributed by atoms with Gasteiger partial charge in [0.15, 0.2) is 5.78 Å². The molecule has 0 N–H and O–H groups in total. The number of rotatable bonds is 5. The van der Waals surface area contributed by atoms with E-state index in [9.17, 15) is 9.59 Å². The molecule has 4 heteroatoms. The van der Waals surface area contributed by atoms with Gasteiger partial charge in [-0.25, -0.2) is 4.79 Å². The van der Waals surface area contributed by atoms with Gasteiger partial charge in [-0.05, 0) is 24.1 Å². The van der Waals surface area contributed by atoms with Crippen LogP contribution in [0.15, 0.2) is 42.5 Å². The summed E-state index contributed by atoms with van der Waals surface area (Å²) in [5.41, 5.74) is 2.49. The lowest BCUT2D eigenvalue weighted by molar-refractivity contribution is 0.0600. The Morgan fingerprint density at radius 1 is 1.16 bits per heavy atom. The minimum Gasteiger partial charge on any atom is -0.491 e. The molecule has 0 aromatic heterocycles. The van der Waals surface area contributed by atoms with Crippen molar-refractivity contribution in [1.29, 1.82) is 0 Å². The summed E-state index contributed by atoms with van der Waals surface area (Å²) in [4.78, 5) is 24.6. The van der Waals surface area contributed by atoms with Crippen LogP contribution < -0.4 is 4.74 Å². The summed E-state index contributed by atoms with van der Waals surface area (Å²) in [6.45, 7) is 4.35. The van der Waals surface area contributed by atoms with Gasteiger partial charge in [0.05, 0.1) is 23.7 Å². The molecule has 3 rings (SSSR count). The highest BCUT2D eigenvalue weighted by atomic mass is 16.5. The van der Waals surface area contributed by atoms with E-state index in [-0.39, 0.29) is 11.2 Å². The third kappa shape index (κ3) is 2.72. The van der Waals surface area contributed by atoms with Crippen molar-refractivity contribution >= 4 is 11.8 Å². The topological polar surface area (TPSA) is 52.6 Å². The molecule has 4 nitrogen and oxygen atoms in total. The van der Waals surface area contributed by atoms with E-state index in [1.54, 1.807) is 13.0 Å². The molecule has 0 saturated carbocycles. The first kappa shape index (κ1) is 17.2. The molecule has 0 spiro atoms. The average Bonchev–Trinajstić information content (AvgIpc) is 3.06. The highest BCUT2D eigenvalue weighted by molar-refractivity contribution is 6.02. The van der Waals surface area contributed by atoms with Crippen molar-refractivity contribution in [3.8, 4) is 5.75 Å². The Labute approximate surface area is 147 Å². The molecule has 1 aliphatic rings. The normalized spacial score (nSPS) is 18.4. The van der Waals surface area contributed by atoms with E-state index in [0.29, 0.717) is 29.9 Å². The number of hydrogen-bond acceptors (Lipinski definition) is 4. The summed E-state index contributed by atoms with van der Waals surface area (Å²) in [5.74, 6) is 0.116. The minimum atomic E-state index is -0.446. The van der Waals surface area contributed by atoms with Crippen molar-refractivity contribution in [1.82, 2.24) is 0 Å². The van der Waals surface area contributed by atoms with Gasteiger partial charge in [0.2, 0.25) is 0 Å². The van der Waals surface area contributed by atoms with Crippen LogP contribution in [0.3, 0.4) is 0 Å². The fourth-order valence-electron chi connectivity index (χ4n) is 3.54. The quantitative estimate of drug-likeness (QED) is 0.607. The van der Waals surface area contributed by atoms with E-state index < -0.39 is 5.97 Å². The Morgan fingerprint density at radius 3 is 2.48 bits per heavy atom. The lowest BCUT2D eigenvalue weighted by Gasteiger charge is -2.27. The smallest absolute Gasteiger partial charge is 0.337 e. The molecule has 0 saturated heterocycles. The second-order valence-electron chi connectivity index (χ2n) is 6.26. The molecule has 25 heavy (non-hydrogen) atoms. The van der Waals surface area contributed by atoms with Crippen molar-refractivity contribution in [3.05, 3.63) is 64.7 Å². The first-order valence-corrected chi connectivity index (χ1v) is 8.55. The van der Waals surface area contributed by atoms with E-state index in [0.717, 1.165) is 17.5 Å². The van der Waals surface area contributed by atoms with Crippen molar-refractivity contribution in [2.45, 2.75) is 32.1 Å². The predicted octanol–water partition coefficient (Wildman–Crippen LogP) is 4.15. The molecule has 2 aromatic rings. The number of benzene rings is 2. The fraction of sp³-hybridized carbons (Fsp3) is 0.333. The number of fused-ring (bicyclic) bond motifs is 1. The van der Waals surface area contributed by atoms with Crippen LogP contribution in [0.25, 0.3) is 0 Å². The summed E-state index contributed by atoms with van der Waals surface area (Å²) >= 11 is 0. The molecule has 0 amide bonds. The average molecular weight is 338 g/mol. The summed E-state index contributed by atoms with van der Waals surface area (Å²) in [6, 6.07) is 13.5. The molecule has 1 heterocycles. The summed E-state index contributed by atoms with van der Waals surface area (Å²) < 4.78 is 10.9. The number of hydrogen-bond donors (Lipinski definition) is 0. The molecule has 0 aliphatic carbocycles. The van der Waals surface area contributed by atoms with E-state index in [4.69, 9.17) is 9.47 Å². The van der Waals surface area contributed by atoms with Crippen LogP contribution in [0.2, 0.25) is 0 Å². The molecule has 2 aromatic carbocycles. The SMILES string of the molecule is CCC(=O)c1cc(C(=O)OC)cc2c1OC[C@]2(CC)c1ccccc1. The van der Waals surface area contributed by atoms with E-state index in [1.165, 1.54) is 7.11 Å². The molecule has 130 valence electrons. The molecular weight excluding hydrogens is 316 g/mol. The number of esters is 1. The largest absolute Gasteiger partial charge is 0.491 e. The highest BCUT2D eigenvalue weighted by Crippen LogP contribution is 2.48. The standard InChI is InChI=1S/C21H22O4/c1-4-18(22)16-11-14(20(23)24-3)12-17-19(16)25-13-21(17,5-2)15-9-7-6-8-10-15/h6-12H,4-5,13H2,1-3H3/t21-/m1/s1. The van der Waals surface area contributed by atoms with E-state index in [2.05, 4.69) is 19.1 Å². The highest BCUT2D eigenvalue weighted by Gasteiger charge is 2.43. The maximum absolute atomic E-state index is 12.4. The number of ether oxygens (including phenoxy) is 2. The van der Waals surface area contributed by atoms with Gasteiger partial charge in [-0.15, -0.1) is 0 Å². The molecule has 0 bridgehead atoms. The Balaban J connectivity index is 2.27. The van der Waals surface area contributed by atoms with Crippen LogP contribution in [0.4, 0.5) is 0 Å². The summed E-state index contributed by atoms with van der Waals surface area (Å²) in [5, 5.41) is 0. The number of carbonyl (C=O) groups is 2. The zero-order valence-electron chi connectivity index (χ0n) is 14.8. The van der Waals surface area contributed by atoms with Gasteiger partial charge in [0.1, 0.15) is 12.4 Å². The fourth-order valence-corrected chi connectivity index (χ4v) is 3.54. The molecule has 1 aliphatic heterocycles. The van der Waals surface area contributed by atoms with Gasteiger partial charge >= 0.3 is 5.97 Å². The van der Waals surface area contributed by atoms with Crippen molar-refractivity contribution < 1.29 is 19.1 Å². The molecule has 0 unspecified atom stereocenters. The van der Waals surface area contributed by atoms with Crippen molar-refractivity contribution in [2.24, 2.45) is 0 Å². The molecule has 1 atom stereocenters. The number of Topliss-reactive ketones (excluding diaryl/α,β-unsaturated/α-hetero) is 1. The van der Waals surface area contributed by atoms with Gasteiger partial charge in [0.25, 0.3) is 0 Å². The lowest BCUT2D eigenvalue weighted by atomic mass is 9.73. The lowest BCUT2D eigenvalue weighted by Crippen LogP contribution is -2.28. The molecule has 0 fully saturated rings. The van der Waals surface area contributed by atoms with Crippen LogP contribution in [-0.4, -0.2) is 25.5 Å². The molecule has 0 radical (unpaired) electrons. The van der Waals surface area contributed by atoms with Crippen LogP contribution >= 0.6 is 0 Å². The maximum atomic E-state index is 12.4. The molecular formula is C21H22O4. The van der Waals surface area contributed by atoms with Crippen molar-refractivity contribution in [3.63, 3.8) is 0 Å². The van der Waals surface area contributed by atoms with Crippen LogP contribution in [-0.2, 0) is 10.2 Å². The second kappa shape index (κ2) is 6.71. The number of carbonyl (C=O) groups excluding carboxylic acids is 2. The Hall–Kier alpha value is -2.62. The van der Waals surface area contributed by atoms with Gasteiger partial charge in [-0.3, -0.25) is 4.79 Å². The van der Waals surface area contributed by atoms with Gasteiger partial charge in [-0.2, -0.15) is 0 Å². The Morgan fingerprint density at radius 2 is 1.88 bits per heavy atom. The van der Waals surface area contributed by atoms with Gasteiger partial charge in [0, 0.05) is 12.0 Å². The first-order valence-electron chi connectivity index (χ1n) is 8.55. The van der Waals surface area contributed by atoms with Gasteiger partial charge < -0.3 is 9.47 Å². The van der Waals surface area contributed by atoms with Crippen LogP contribution in [0.1, 0.15) is 58.5 Å². The van der Waals surface area contributed by atoms with Crippen LogP contribution in [0, 0.1) is 0 Å². The minimum absolute atomic E-state index is 0.0398. The summed E-state index contributed by atoms with van der Waals surface area (Å²) in [7, 11) is 1.34. The zero-order chi connectivity index (χ0) is 18.0. The third-order valence-electron chi connectivity index (χ3n) is 5.04. The van der Waals surface area contributed by atoms with Gasteiger partial charge in [-0.1, -0.05) is 44.2 Å². The third-order valence-corrected chi connectivity index (χ3v) is 5.04. The Bertz CT molecular complexity index is 810. The Kier molecular flexibility index (Phi) is 4.62. The summed E-state index contributed by atoms with van der Waals surface area (Å²) in [6.07, 6.45) is 1.15. The number of ketones is 1. The zero-order valence-corrected chi connectivity index (χ0v) is 14.8. The van der Waals surface area contributed by atoms with E-state index in [1.807, 2.05) is 24.3 Å². The van der Waals surface area contributed by atoms with Crippen molar-refractivity contribution in [2.75, 3.05) is 13.7 Å². The number of methoxy groups -OCH3 is 1. The first-order chi connectivity index (χ1) is 12.1. The van der Waals surface area contributed by atoms with Crippen LogP contribution in [0.5, 0.6) is 5.75 Å². The predicted molar refractivity (Wildman–Crippen MR) is 95.4 cm³/mol. The maximum Gasteiger partial charge on any atom is 0.337 e. The monoisotopic (exact) mass is 338 g/mol.